The van der Waals surface area contributed by atoms with E-state index in [4.69, 9.17) is 9.97 Å². The molecule has 0 fully saturated rings. The Labute approximate surface area is 359 Å². The molecule has 0 N–H and O–H groups in total. The van der Waals surface area contributed by atoms with Crippen molar-refractivity contribution in [3.8, 4) is 67.3 Å². The predicted octanol–water partition coefficient (Wildman–Crippen LogP) is 14.9. The predicted molar refractivity (Wildman–Crippen MR) is 260 cm³/mol. The molecule has 0 aliphatic rings. The molecule has 0 amide bonds. The van der Waals surface area contributed by atoms with Crippen LogP contribution in [-0.2, 0) is 14.1 Å². The number of hydrogen-bond donors (Lipinski definition) is 0. The van der Waals surface area contributed by atoms with Crippen LogP contribution in [0.5, 0.6) is 0 Å². The van der Waals surface area contributed by atoms with Crippen LogP contribution in [0.2, 0.25) is 0 Å². The van der Waals surface area contributed by atoms with Crippen LogP contribution in [-0.4, -0.2) is 19.1 Å². The van der Waals surface area contributed by atoms with Gasteiger partial charge < -0.3 is 9.13 Å². The molecule has 0 saturated carbocycles. The van der Waals surface area contributed by atoms with Gasteiger partial charge in [-0.15, -0.1) is 0 Å². The summed E-state index contributed by atoms with van der Waals surface area (Å²) < 4.78 is 4.44. The number of imidazole rings is 2. The Kier molecular flexibility index (Phi) is 8.26. The maximum atomic E-state index is 5.08. The molecule has 0 aliphatic carbocycles. The minimum Gasteiger partial charge on any atom is -0.327 e. The summed E-state index contributed by atoms with van der Waals surface area (Å²) in [5, 5.41) is 7.31. The van der Waals surface area contributed by atoms with E-state index in [1.165, 1.54) is 65.7 Å². The second kappa shape index (κ2) is 14.3. The zero-order chi connectivity index (χ0) is 41.3. The normalized spacial score (nSPS) is 11.7. The fourth-order valence-electron chi connectivity index (χ4n) is 9.75. The second-order valence-corrected chi connectivity index (χ2v) is 16.3. The van der Waals surface area contributed by atoms with Crippen molar-refractivity contribution < 1.29 is 0 Å². The van der Waals surface area contributed by atoms with Gasteiger partial charge in [-0.05, 0) is 107 Å². The molecular formula is C58H40N4. The lowest BCUT2D eigenvalue weighted by molar-refractivity contribution is 0.959. The minimum atomic E-state index is 0.959. The van der Waals surface area contributed by atoms with E-state index in [0.717, 1.165) is 56.0 Å². The zero-order valence-corrected chi connectivity index (χ0v) is 34.4. The Morgan fingerprint density at radius 3 is 1.19 bits per heavy atom. The maximum Gasteiger partial charge on any atom is 0.140 e. The smallest absolute Gasteiger partial charge is 0.140 e. The van der Waals surface area contributed by atoms with Gasteiger partial charge in [0.1, 0.15) is 11.6 Å². The summed E-state index contributed by atoms with van der Waals surface area (Å²) in [7, 11) is 4.24. The van der Waals surface area contributed by atoms with Gasteiger partial charge in [0.15, 0.2) is 0 Å². The molecule has 12 aromatic rings. The molecule has 4 nitrogen and oxygen atoms in total. The first-order chi connectivity index (χ1) is 30.6. The molecule has 12 rings (SSSR count). The zero-order valence-electron chi connectivity index (χ0n) is 34.4. The summed E-state index contributed by atoms with van der Waals surface area (Å²) in [5.41, 5.74) is 15.9. The largest absolute Gasteiger partial charge is 0.327 e. The molecular weight excluding hydrogens is 753 g/mol. The molecule has 0 radical (unpaired) electrons. The van der Waals surface area contributed by atoms with Gasteiger partial charge in [-0.3, -0.25) is 0 Å². The Morgan fingerprint density at radius 1 is 0.290 bits per heavy atom. The highest BCUT2D eigenvalue weighted by molar-refractivity contribution is 6.22. The Morgan fingerprint density at radius 2 is 0.694 bits per heavy atom. The first-order valence-corrected chi connectivity index (χ1v) is 21.2. The molecule has 0 atom stereocenters. The number of fused-ring (bicyclic) bond motifs is 5. The summed E-state index contributed by atoms with van der Waals surface area (Å²) in [6.45, 7) is 0. The van der Waals surface area contributed by atoms with Gasteiger partial charge in [-0.25, -0.2) is 9.97 Å². The number of benzene rings is 10. The van der Waals surface area contributed by atoms with Crippen molar-refractivity contribution in [2.24, 2.45) is 14.1 Å². The average Bonchev–Trinajstić information content (AvgIpc) is 3.85. The van der Waals surface area contributed by atoms with Gasteiger partial charge >= 0.3 is 0 Å². The van der Waals surface area contributed by atoms with E-state index < -0.39 is 0 Å². The lowest BCUT2D eigenvalue weighted by Gasteiger charge is -2.19. The lowest BCUT2D eigenvalue weighted by atomic mass is 9.84. The van der Waals surface area contributed by atoms with E-state index in [-0.39, 0.29) is 0 Å². The molecule has 10 aromatic carbocycles. The summed E-state index contributed by atoms with van der Waals surface area (Å²) in [6, 6.07) is 74.7. The van der Waals surface area contributed by atoms with Crippen molar-refractivity contribution in [2.75, 3.05) is 0 Å². The third kappa shape index (κ3) is 5.68. The van der Waals surface area contributed by atoms with E-state index in [2.05, 4.69) is 217 Å². The summed E-state index contributed by atoms with van der Waals surface area (Å²) in [6.07, 6.45) is 0. The van der Waals surface area contributed by atoms with E-state index in [1.807, 2.05) is 12.1 Å². The third-order valence-corrected chi connectivity index (χ3v) is 12.8. The van der Waals surface area contributed by atoms with Gasteiger partial charge in [0, 0.05) is 25.2 Å². The monoisotopic (exact) mass is 792 g/mol. The average molecular weight is 793 g/mol. The topological polar surface area (TPSA) is 35.6 Å². The van der Waals surface area contributed by atoms with Crippen LogP contribution < -0.4 is 0 Å². The molecule has 2 heterocycles. The van der Waals surface area contributed by atoms with Crippen LogP contribution in [0, 0.1) is 0 Å². The Hall–Kier alpha value is -8.08. The molecule has 0 spiro atoms. The first-order valence-electron chi connectivity index (χ1n) is 21.2. The molecule has 0 saturated heterocycles. The van der Waals surface area contributed by atoms with Gasteiger partial charge in [-0.2, -0.15) is 0 Å². The molecule has 2 aromatic heterocycles. The van der Waals surface area contributed by atoms with Crippen LogP contribution >= 0.6 is 0 Å². The first kappa shape index (κ1) is 35.8. The summed E-state index contributed by atoms with van der Waals surface area (Å²) >= 11 is 0. The Bertz CT molecular complexity index is 3510. The van der Waals surface area contributed by atoms with E-state index >= 15 is 0 Å². The summed E-state index contributed by atoms with van der Waals surface area (Å²) in [5.74, 6) is 1.92. The van der Waals surface area contributed by atoms with Crippen LogP contribution in [0.1, 0.15) is 0 Å². The van der Waals surface area contributed by atoms with Crippen molar-refractivity contribution in [3.63, 3.8) is 0 Å². The highest BCUT2D eigenvalue weighted by Gasteiger charge is 2.20. The maximum absolute atomic E-state index is 5.08. The van der Waals surface area contributed by atoms with Crippen molar-refractivity contribution in [1.29, 1.82) is 0 Å². The number of aryl methyl sites for hydroxylation is 2. The van der Waals surface area contributed by atoms with Crippen LogP contribution in [0.15, 0.2) is 206 Å². The second-order valence-electron chi connectivity index (χ2n) is 16.3. The minimum absolute atomic E-state index is 0.959. The molecule has 0 bridgehead atoms. The fraction of sp³-hybridized carbons (Fsp3) is 0.0345. The van der Waals surface area contributed by atoms with Crippen molar-refractivity contribution in [3.05, 3.63) is 206 Å². The molecule has 4 heteroatoms. The van der Waals surface area contributed by atoms with Crippen LogP contribution in [0.3, 0.4) is 0 Å². The van der Waals surface area contributed by atoms with Gasteiger partial charge in [0.2, 0.25) is 0 Å². The van der Waals surface area contributed by atoms with Crippen molar-refractivity contribution in [1.82, 2.24) is 19.1 Å². The molecule has 0 aliphatic heterocycles. The van der Waals surface area contributed by atoms with Crippen LogP contribution in [0.4, 0.5) is 0 Å². The Balaban J connectivity index is 1.13. The fourth-order valence-corrected chi connectivity index (χ4v) is 9.75. The number of rotatable bonds is 6. The van der Waals surface area contributed by atoms with Crippen molar-refractivity contribution >= 4 is 54.4 Å². The van der Waals surface area contributed by atoms with Gasteiger partial charge in [0.25, 0.3) is 0 Å². The third-order valence-electron chi connectivity index (χ3n) is 12.8. The molecule has 62 heavy (non-hydrogen) atoms. The standard InChI is InChI=1S/C58H40N4/c1-61-54-34-40(28-32-52(54)59-57(61)38-18-8-4-9-19-38)42-24-14-26-47-50(42)36-51-43(41-29-33-53-55(35-41)62(2)58(60-53)39-20-10-5-11-21-39)25-15-27-48(51)56(47)49-31-30-44(37-16-6-3-7-17-37)45-22-12-13-23-46(45)49/h3-36H,1-2H3. The number of nitrogens with zero attached hydrogens (tertiary/aromatic N) is 4. The quantitative estimate of drug-likeness (QED) is 0.157. The van der Waals surface area contributed by atoms with E-state index in [9.17, 15) is 0 Å². The number of hydrogen-bond acceptors (Lipinski definition) is 2. The van der Waals surface area contributed by atoms with Crippen molar-refractivity contribution in [2.45, 2.75) is 0 Å². The van der Waals surface area contributed by atoms with Gasteiger partial charge in [0.05, 0.1) is 22.1 Å². The highest BCUT2D eigenvalue weighted by Crippen LogP contribution is 2.46. The molecule has 0 unspecified atom stereocenters. The lowest BCUT2D eigenvalue weighted by Crippen LogP contribution is -1.94. The van der Waals surface area contributed by atoms with E-state index in [1.54, 1.807) is 0 Å². The van der Waals surface area contributed by atoms with E-state index in [0.29, 0.717) is 0 Å². The SMILES string of the molecule is Cn1c(-c2ccccc2)nc2ccc(-c3cccc4c(-c5ccc(-c6ccccc6)c6ccccc56)c5cccc(-c6ccc7nc(-c8ccccc8)n(C)c7c6)c5cc34)cc21. The van der Waals surface area contributed by atoms with Crippen LogP contribution in [0.25, 0.3) is 122 Å². The number of aromatic nitrogens is 4. The molecule has 292 valence electrons. The summed E-state index contributed by atoms with van der Waals surface area (Å²) in [4.78, 5) is 10.2. The highest BCUT2D eigenvalue weighted by atomic mass is 15.1. The van der Waals surface area contributed by atoms with Gasteiger partial charge in [-0.1, -0.05) is 176 Å².